The van der Waals surface area contributed by atoms with E-state index in [9.17, 15) is 4.79 Å². The first kappa shape index (κ1) is 13.1. The van der Waals surface area contributed by atoms with Crippen molar-refractivity contribution in [1.29, 1.82) is 0 Å². The zero-order chi connectivity index (χ0) is 13.0. The van der Waals surface area contributed by atoms with Crippen molar-refractivity contribution in [2.75, 3.05) is 7.05 Å². The fourth-order valence-electron chi connectivity index (χ4n) is 1.67. The van der Waals surface area contributed by atoms with Crippen molar-refractivity contribution in [2.24, 2.45) is 0 Å². The number of carbonyl (C=O) groups excluding carboxylic acids is 1. The molecule has 1 aromatic heterocycles. The lowest BCUT2D eigenvalue weighted by molar-refractivity contribution is -0.129. The van der Waals surface area contributed by atoms with Crippen LogP contribution in [0, 0.1) is 0 Å². The van der Waals surface area contributed by atoms with E-state index in [1.807, 2.05) is 41.8 Å². The molecule has 0 atom stereocenters. The third-order valence-electron chi connectivity index (χ3n) is 2.70. The number of hydrogen-bond acceptors (Lipinski definition) is 2. The lowest BCUT2D eigenvalue weighted by Gasteiger charge is -2.17. The first-order chi connectivity index (χ1) is 8.66. The number of rotatable bonds is 4. The van der Waals surface area contributed by atoms with Gasteiger partial charge in [0, 0.05) is 23.5 Å². The maximum absolute atomic E-state index is 12.0. The summed E-state index contributed by atoms with van der Waals surface area (Å²) in [5.74, 6) is 0.109. The molecule has 0 spiro atoms. The standard InChI is InChI=1S/C14H14ClNOS/c1-16(10-11-5-2-3-7-13(11)15)14(17)9-12-6-4-8-18-12/h2-8H,9-10H2,1H3. The Morgan fingerprint density at radius 3 is 2.72 bits per heavy atom. The maximum atomic E-state index is 12.0. The van der Waals surface area contributed by atoms with Crippen molar-refractivity contribution in [2.45, 2.75) is 13.0 Å². The van der Waals surface area contributed by atoms with Crippen LogP contribution in [-0.2, 0) is 17.8 Å². The zero-order valence-corrected chi connectivity index (χ0v) is 11.7. The smallest absolute Gasteiger partial charge is 0.227 e. The number of thiophene rings is 1. The number of nitrogens with zero attached hydrogens (tertiary/aromatic N) is 1. The first-order valence-electron chi connectivity index (χ1n) is 5.66. The topological polar surface area (TPSA) is 20.3 Å². The fourth-order valence-corrected chi connectivity index (χ4v) is 2.56. The molecule has 0 aliphatic carbocycles. The molecule has 1 heterocycles. The Balaban J connectivity index is 1.97. The Hall–Kier alpha value is -1.32. The van der Waals surface area contributed by atoms with Gasteiger partial charge in [0.2, 0.25) is 5.91 Å². The summed E-state index contributed by atoms with van der Waals surface area (Å²) in [6, 6.07) is 11.5. The van der Waals surface area contributed by atoms with Crippen LogP contribution >= 0.6 is 22.9 Å². The minimum absolute atomic E-state index is 0.109. The van der Waals surface area contributed by atoms with E-state index in [-0.39, 0.29) is 5.91 Å². The Morgan fingerprint density at radius 2 is 2.06 bits per heavy atom. The minimum Gasteiger partial charge on any atom is -0.341 e. The third-order valence-corrected chi connectivity index (χ3v) is 3.94. The summed E-state index contributed by atoms with van der Waals surface area (Å²) in [4.78, 5) is 14.8. The van der Waals surface area contributed by atoms with Crippen LogP contribution < -0.4 is 0 Å². The van der Waals surface area contributed by atoms with Crippen LogP contribution in [0.2, 0.25) is 5.02 Å². The molecular weight excluding hydrogens is 266 g/mol. The number of amides is 1. The van der Waals surface area contributed by atoms with Gasteiger partial charge in [0.05, 0.1) is 6.42 Å². The second-order valence-electron chi connectivity index (χ2n) is 4.10. The summed E-state index contributed by atoms with van der Waals surface area (Å²) in [6.45, 7) is 0.546. The Kier molecular flexibility index (Phi) is 4.39. The average Bonchev–Trinajstić information content (AvgIpc) is 2.84. The molecule has 2 nitrogen and oxygen atoms in total. The molecule has 0 saturated carbocycles. The van der Waals surface area contributed by atoms with Crippen LogP contribution in [0.3, 0.4) is 0 Å². The van der Waals surface area contributed by atoms with Gasteiger partial charge in [-0.3, -0.25) is 4.79 Å². The molecule has 0 radical (unpaired) electrons. The number of likely N-dealkylation sites (N-methyl/N-ethyl adjacent to an activating group) is 1. The highest BCUT2D eigenvalue weighted by atomic mass is 35.5. The predicted molar refractivity (Wildman–Crippen MR) is 75.9 cm³/mol. The molecule has 0 fully saturated rings. The summed E-state index contributed by atoms with van der Waals surface area (Å²) in [6.07, 6.45) is 0.457. The minimum atomic E-state index is 0.109. The molecule has 4 heteroatoms. The van der Waals surface area contributed by atoms with Crippen LogP contribution in [0.25, 0.3) is 0 Å². The molecule has 1 amide bonds. The van der Waals surface area contributed by atoms with E-state index in [1.54, 1.807) is 23.3 Å². The monoisotopic (exact) mass is 279 g/mol. The Bertz CT molecular complexity index is 524. The number of benzene rings is 1. The van der Waals surface area contributed by atoms with Gasteiger partial charge >= 0.3 is 0 Å². The van der Waals surface area contributed by atoms with E-state index in [0.717, 1.165) is 10.4 Å². The van der Waals surface area contributed by atoms with Crippen molar-refractivity contribution in [3.8, 4) is 0 Å². The van der Waals surface area contributed by atoms with E-state index < -0.39 is 0 Å². The maximum Gasteiger partial charge on any atom is 0.227 e. The van der Waals surface area contributed by atoms with E-state index in [1.165, 1.54) is 0 Å². The molecule has 0 N–H and O–H groups in total. The molecule has 18 heavy (non-hydrogen) atoms. The average molecular weight is 280 g/mol. The Labute approximate surface area is 116 Å². The van der Waals surface area contributed by atoms with Gasteiger partial charge in [-0.15, -0.1) is 11.3 Å². The van der Waals surface area contributed by atoms with Gasteiger partial charge < -0.3 is 4.90 Å². The third kappa shape index (κ3) is 3.34. The molecule has 2 aromatic rings. The van der Waals surface area contributed by atoms with Crippen molar-refractivity contribution in [1.82, 2.24) is 4.90 Å². The van der Waals surface area contributed by atoms with Gasteiger partial charge in [-0.05, 0) is 23.1 Å². The molecule has 0 aliphatic heterocycles. The van der Waals surface area contributed by atoms with E-state index >= 15 is 0 Å². The summed E-state index contributed by atoms with van der Waals surface area (Å²) < 4.78 is 0. The summed E-state index contributed by atoms with van der Waals surface area (Å²) in [5.41, 5.74) is 0.973. The predicted octanol–water partition coefficient (Wildman–Crippen LogP) is 3.60. The van der Waals surface area contributed by atoms with Gasteiger partial charge in [-0.2, -0.15) is 0 Å². The molecular formula is C14H14ClNOS. The van der Waals surface area contributed by atoms with Crippen LogP contribution in [-0.4, -0.2) is 17.9 Å². The molecule has 0 unspecified atom stereocenters. The van der Waals surface area contributed by atoms with Crippen LogP contribution in [0.1, 0.15) is 10.4 Å². The lowest BCUT2D eigenvalue weighted by atomic mass is 10.2. The van der Waals surface area contributed by atoms with Crippen molar-refractivity contribution in [3.05, 3.63) is 57.2 Å². The second-order valence-corrected chi connectivity index (χ2v) is 5.54. The van der Waals surface area contributed by atoms with Crippen molar-refractivity contribution in [3.63, 3.8) is 0 Å². The number of halogens is 1. The number of hydrogen-bond donors (Lipinski definition) is 0. The zero-order valence-electron chi connectivity index (χ0n) is 10.1. The lowest BCUT2D eigenvalue weighted by Crippen LogP contribution is -2.27. The van der Waals surface area contributed by atoms with Crippen molar-refractivity contribution >= 4 is 28.8 Å². The van der Waals surface area contributed by atoms with Gasteiger partial charge in [0.1, 0.15) is 0 Å². The summed E-state index contributed by atoms with van der Waals surface area (Å²) in [5, 5.41) is 2.68. The molecule has 0 saturated heterocycles. The van der Waals surface area contributed by atoms with Crippen LogP contribution in [0.15, 0.2) is 41.8 Å². The van der Waals surface area contributed by atoms with Crippen LogP contribution in [0.5, 0.6) is 0 Å². The van der Waals surface area contributed by atoms with Gasteiger partial charge in [0.15, 0.2) is 0 Å². The highest BCUT2D eigenvalue weighted by molar-refractivity contribution is 7.10. The summed E-state index contributed by atoms with van der Waals surface area (Å²) >= 11 is 7.68. The molecule has 2 rings (SSSR count). The van der Waals surface area contributed by atoms with E-state index in [4.69, 9.17) is 11.6 Å². The second kappa shape index (κ2) is 6.03. The van der Waals surface area contributed by atoms with E-state index in [2.05, 4.69) is 0 Å². The largest absolute Gasteiger partial charge is 0.341 e. The molecule has 1 aromatic carbocycles. The summed E-state index contributed by atoms with van der Waals surface area (Å²) in [7, 11) is 1.80. The van der Waals surface area contributed by atoms with E-state index in [0.29, 0.717) is 18.0 Å². The quantitative estimate of drug-likeness (QED) is 0.837. The highest BCUT2D eigenvalue weighted by Crippen LogP contribution is 2.17. The number of carbonyl (C=O) groups is 1. The van der Waals surface area contributed by atoms with Crippen molar-refractivity contribution < 1.29 is 4.79 Å². The normalized spacial score (nSPS) is 10.3. The highest BCUT2D eigenvalue weighted by Gasteiger charge is 2.11. The molecule has 0 aliphatic rings. The molecule has 0 bridgehead atoms. The SMILES string of the molecule is CN(Cc1ccccc1Cl)C(=O)Cc1cccs1. The van der Waals surface area contributed by atoms with Crippen LogP contribution in [0.4, 0.5) is 0 Å². The van der Waals surface area contributed by atoms with Gasteiger partial charge in [-0.25, -0.2) is 0 Å². The van der Waals surface area contributed by atoms with Gasteiger partial charge in [-0.1, -0.05) is 35.9 Å². The fraction of sp³-hybridized carbons (Fsp3) is 0.214. The first-order valence-corrected chi connectivity index (χ1v) is 6.92. The molecule has 94 valence electrons. The Morgan fingerprint density at radius 1 is 1.28 bits per heavy atom. The van der Waals surface area contributed by atoms with Gasteiger partial charge in [0.25, 0.3) is 0 Å².